The number of rotatable bonds is 6. The fourth-order valence-electron chi connectivity index (χ4n) is 6.26. The van der Waals surface area contributed by atoms with Crippen LogP contribution in [0.3, 0.4) is 0 Å². The molecular weight excluding hydrogens is 649 g/mol. The highest BCUT2D eigenvalue weighted by molar-refractivity contribution is 5.78. The highest BCUT2D eigenvalue weighted by Gasteiger charge is 2.40. The van der Waals surface area contributed by atoms with E-state index < -0.39 is 47.4 Å². The molecule has 4 amide bonds. The second kappa shape index (κ2) is 14.6. The van der Waals surface area contributed by atoms with Crippen LogP contribution >= 0.6 is 0 Å². The number of hydrogen-bond acceptors (Lipinski definition) is 4. The number of urea groups is 2. The summed E-state index contributed by atoms with van der Waals surface area (Å²) in [5, 5.41) is 0. The van der Waals surface area contributed by atoms with Gasteiger partial charge in [-0.15, -0.1) is 0 Å². The standard InChI is InChI=1S/C33H39F7N4O4/c1-5-48-29(45)15-22-8-10-42(11-9-22)31(47)43-12-13-44(28(19-43)27-7-6-26(34)14-20(27)2)30(46)41(4)21(3)23-16-24(32(35,36)37)18-25(17-23)33(38,39)40/h6-7,14,16-18,21-22,28H,5,8-13,15,19H2,1-4H3/t21?,28-/m1/s1. The van der Waals surface area contributed by atoms with Crippen molar-refractivity contribution < 1.29 is 49.9 Å². The molecule has 2 atom stereocenters. The Morgan fingerprint density at radius 1 is 0.917 bits per heavy atom. The van der Waals surface area contributed by atoms with Crippen LogP contribution in [0, 0.1) is 18.7 Å². The molecule has 264 valence electrons. The second-order valence-electron chi connectivity index (χ2n) is 12.3. The lowest BCUT2D eigenvalue weighted by molar-refractivity contribution is -0.145. The lowest BCUT2D eigenvalue weighted by Gasteiger charge is -2.45. The van der Waals surface area contributed by atoms with E-state index in [-0.39, 0.29) is 62.2 Å². The minimum atomic E-state index is -5.05. The lowest BCUT2D eigenvalue weighted by Crippen LogP contribution is -2.58. The number of benzene rings is 2. The lowest BCUT2D eigenvalue weighted by atomic mass is 9.93. The Hall–Kier alpha value is -4.04. The molecule has 2 aliphatic heterocycles. The van der Waals surface area contributed by atoms with Crippen LogP contribution in [0.25, 0.3) is 0 Å². The van der Waals surface area contributed by atoms with E-state index >= 15 is 0 Å². The summed E-state index contributed by atoms with van der Waals surface area (Å²) in [6.45, 7) is 5.95. The molecular formula is C33H39F7N4O4. The number of ether oxygens (including phenoxy) is 1. The molecule has 0 saturated carbocycles. The molecule has 2 aromatic rings. The number of amides is 4. The zero-order valence-electron chi connectivity index (χ0n) is 27.1. The van der Waals surface area contributed by atoms with Gasteiger partial charge in [-0.05, 0) is 86.6 Å². The van der Waals surface area contributed by atoms with E-state index in [1.807, 2.05) is 0 Å². The minimum Gasteiger partial charge on any atom is -0.466 e. The van der Waals surface area contributed by atoms with Crippen LogP contribution in [0.2, 0.25) is 0 Å². The molecule has 48 heavy (non-hydrogen) atoms. The Morgan fingerprint density at radius 2 is 1.52 bits per heavy atom. The fraction of sp³-hybridized carbons (Fsp3) is 0.545. The minimum absolute atomic E-state index is 0.00116. The van der Waals surface area contributed by atoms with E-state index in [0.29, 0.717) is 49.2 Å². The smallest absolute Gasteiger partial charge is 0.416 e. The number of aryl methyl sites for hydroxylation is 1. The summed E-state index contributed by atoms with van der Waals surface area (Å²) in [5.41, 5.74) is -2.30. The predicted octanol–water partition coefficient (Wildman–Crippen LogP) is 7.43. The molecule has 4 rings (SSSR count). The van der Waals surface area contributed by atoms with Crippen molar-refractivity contribution in [2.45, 2.75) is 64.5 Å². The number of esters is 1. The van der Waals surface area contributed by atoms with Gasteiger partial charge >= 0.3 is 30.4 Å². The molecule has 0 aromatic heterocycles. The van der Waals surface area contributed by atoms with E-state index in [1.165, 1.54) is 37.1 Å². The van der Waals surface area contributed by atoms with Crippen LogP contribution in [-0.2, 0) is 21.9 Å². The second-order valence-corrected chi connectivity index (χ2v) is 12.3. The first-order chi connectivity index (χ1) is 22.4. The average molecular weight is 689 g/mol. The van der Waals surface area contributed by atoms with Crippen LogP contribution in [0.1, 0.15) is 73.0 Å². The summed E-state index contributed by atoms with van der Waals surface area (Å²) in [4.78, 5) is 45.2. The molecule has 8 nitrogen and oxygen atoms in total. The van der Waals surface area contributed by atoms with E-state index in [1.54, 1.807) is 23.6 Å². The van der Waals surface area contributed by atoms with Gasteiger partial charge in [-0.2, -0.15) is 26.3 Å². The fourth-order valence-corrected chi connectivity index (χ4v) is 6.26. The van der Waals surface area contributed by atoms with Gasteiger partial charge in [-0.1, -0.05) is 6.07 Å². The van der Waals surface area contributed by atoms with Gasteiger partial charge in [0.1, 0.15) is 5.82 Å². The normalized spacial score (nSPS) is 18.5. The highest BCUT2D eigenvalue weighted by atomic mass is 19.4. The molecule has 2 fully saturated rings. The number of carbonyl (C=O) groups excluding carboxylic acids is 3. The third kappa shape index (κ3) is 8.51. The van der Waals surface area contributed by atoms with Crippen LogP contribution in [-0.4, -0.2) is 84.0 Å². The number of hydrogen-bond donors (Lipinski definition) is 0. The first-order valence-corrected chi connectivity index (χ1v) is 15.7. The quantitative estimate of drug-likeness (QED) is 0.234. The Bertz CT molecular complexity index is 1460. The summed E-state index contributed by atoms with van der Waals surface area (Å²) in [6, 6.07) is 2.26. The van der Waals surface area contributed by atoms with Crippen LogP contribution in [0.5, 0.6) is 0 Å². The molecule has 2 aliphatic rings. The molecule has 0 bridgehead atoms. The molecule has 1 unspecified atom stereocenters. The Morgan fingerprint density at radius 3 is 2.06 bits per heavy atom. The third-order valence-corrected chi connectivity index (χ3v) is 9.11. The molecule has 0 spiro atoms. The number of likely N-dealkylation sites (tertiary alicyclic amines) is 1. The summed E-state index contributed by atoms with van der Waals surface area (Å²) < 4.78 is 100. The van der Waals surface area contributed by atoms with E-state index in [0.717, 1.165) is 4.90 Å². The van der Waals surface area contributed by atoms with Crippen LogP contribution in [0.15, 0.2) is 36.4 Å². The largest absolute Gasteiger partial charge is 0.466 e. The SMILES string of the molecule is CCOC(=O)CC1CCN(C(=O)N2CCN(C(=O)N(C)C(C)c3cc(C(F)(F)F)cc(C(F)(F)F)c3)[C@@H](c3ccc(F)cc3C)C2)CC1. The third-order valence-electron chi connectivity index (χ3n) is 9.11. The van der Waals surface area contributed by atoms with Crippen molar-refractivity contribution >= 4 is 18.0 Å². The van der Waals surface area contributed by atoms with Gasteiger partial charge in [0.05, 0.1) is 29.8 Å². The molecule has 15 heteroatoms. The van der Waals surface area contributed by atoms with Crippen molar-refractivity contribution in [1.82, 2.24) is 19.6 Å². The van der Waals surface area contributed by atoms with Crippen molar-refractivity contribution in [3.8, 4) is 0 Å². The number of carbonyl (C=O) groups is 3. The average Bonchev–Trinajstić information content (AvgIpc) is 3.02. The van der Waals surface area contributed by atoms with Gasteiger partial charge in [0.25, 0.3) is 0 Å². The number of halogens is 7. The first kappa shape index (κ1) is 36.8. The predicted molar refractivity (Wildman–Crippen MR) is 161 cm³/mol. The summed E-state index contributed by atoms with van der Waals surface area (Å²) in [5.74, 6) is -0.716. The van der Waals surface area contributed by atoms with Gasteiger partial charge in [-0.25, -0.2) is 14.0 Å². The molecule has 2 aromatic carbocycles. The van der Waals surface area contributed by atoms with Crippen molar-refractivity contribution in [2.24, 2.45) is 5.92 Å². The summed E-state index contributed by atoms with van der Waals surface area (Å²) >= 11 is 0. The number of nitrogens with zero attached hydrogens (tertiary/aromatic N) is 4. The van der Waals surface area contributed by atoms with Gasteiger partial charge in [0.2, 0.25) is 0 Å². The molecule has 2 heterocycles. The van der Waals surface area contributed by atoms with Crippen LogP contribution in [0.4, 0.5) is 40.3 Å². The van der Waals surface area contributed by atoms with Crippen molar-refractivity contribution in [2.75, 3.05) is 46.4 Å². The van der Waals surface area contributed by atoms with Crippen molar-refractivity contribution in [1.29, 1.82) is 0 Å². The van der Waals surface area contributed by atoms with E-state index in [2.05, 4.69) is 0 Å². The van der Waals surface area contributed by atoms with E-state index in [9.17, 15) is 45.1 Å². The Kier molecular flexibility index (Phi) is 11.2. The Balaban J connectivity index is 1.56. The molecule has 0 aliphatic carbocycles. The zero-order valence-corrected chi connectivity index (χ0v) is 27.1. The molecule has 0 N–H and O–H groups in total. The molecule has 2 saturated heterocycles. The maximum absolute atomic E-state index is 14.1. The monoisotopic (exact) mass is 688 g/mol. The maximum Gasteiger partial charge on any atom is 0.416 e. The summed E-state index contributed by atoms with van der Waals surface area (Å²) in [6.07, 6.45) is -8.62. The van der Waals surface area contributed by atoms with Crippen LogP contribution < -0.4 is 0 Å². The Labute approximate surface area is 274 Å². The van der Waals surface area contributed by atoms with E-state index in [4.69, 9.17) is 4.74 Å². The van der Waals surface area contributed by atoms with Gasteiger partial charge in [0.15, 0.2) is 0 Å². The van der Waals surface area contributed by atoms with Crippen molar-refractivity contribution in [3.63, 3.8) is 0 Å². The molecule has 0 radical (unpaired) electrons. The maximum atomic E-state index is 14.1. The van der Waals surface area contributed by atoms with Gasteiger partial charge in [0, 0.05) is 46.2 Å². The zero-order chi connectivity index (χ0) is 35.6. The van der Waals surface area contributed by atoms with Gasteiger partial charge in [-0.3, -0.25) is 4.79 Å². The van der Waals surface area contributed by atoms with Gasteiger partial charge < -0.3 is 24.3 Å². The highest BCUT2D eigenvalue weighted by Crippen LogP contribution is 2.39. The number of alkyl halides is 6. The first-order valence-electron chi connectivity index (χ1n) is 15.7. The van der Waals surface area contributed by atoms with Crippen molar-refractivity contribution in [3.05, 3.63) is 70.0 Å². The number of piperazine rings is 1. The number of piperidine rings is 1. The summed E-state index contributed by atoms with van der Waals surface area (Å²) in [7, 11) is 1.28. The topological polar surface area (TPSA) is 73.4 Å².